The number of esters is 1. The molecule has 34 heavy (non-hydrogen) atoms. The molecular formula is C28H38O6. The summed E-state index contributed by atoms with van der Waals surface area (Å²) in [6, 6.07) is 7.80. The molecule has 6 heteroatoms. The maximum Gasteiger partial charge on any atom is 0.302 e. The first-order valence-electron chi connectivity index (χ1n) is 12.9. The minimum absolute atomic E-state index is 0.223. The summed E-state index contributed by atoms with van der Waals surface area (Å²) >= 11 is 0. The molecule has 0 N–H and O–H groups in total. The summed E-state index contributed by atoms with van der Waals surface area (Å²) < 4.78 is 17.9. The van der Waals surface area contributed by atoms with Crippen LogP contribution < -0.4 is 4.74 Å². The van der Waals surface area contributed by atoms with Crippen molar-refractivity contribution in [3.63, 3.8) is 0 Å². The Bertz CT molecular complexity index is 870. The fourth-order valence-electron chi connectivity index (χ4n) is 6.91. The average molecular weight is 471 g/mol. The van der Waals surface area contributed by atoms with Gasteiger partial charge in [-0.25, -0.2) is 4.89 Å². The van der Waals surface area contributed by atoms with Gasteiger partial charge in [0.1, 0.15) is 24.1 Å². The quantitative estimate of drug-likeness (QED) is 0.359. The van der Waals surface area contributed by atoms with E-state index >= 15 is 0 Å². The molecule has 5 fully saturated rings. The first-order valence-corrected chi connectivity index (χ1v) is 12.9. The summed E-state index contributed by atoms with van der Waals surface area (Å²) in [4.78, 5) is 23.3. The number of hydrogen-bond donors (Lipinski definition) is 0. The van der Waals surface area contributed by atoms with Crippen LogP contribution >= 0.6 is 0 Å². The van der Waals surface area contributed by atoms with Gasteiger partial charge < -0.3 is 14.2 Å². The van der Waals surface area contributed by atoms with Crippen LogP contribution in [0, 0.1) is 23.7 Å². The van der Waals surface area contributed by atoms with E-state index in [0.29, 0.717) is 18.4 Å². The second-order valence-corrected chi connectivity index (χ2v) is 11.1. The molecule has 1 aromatic rings. The predicted molar refractivity (Wildman–Crippen MR) is 128 cm³/mol. The fraction of sp³-hybridized carbons (Fsp3) is 0.679. The summed E-state index contributed by atoms with van der Waals surface area (Å²) in [7, 11) is 0. The van der Waals surface area contributed by atoms with E-state index in [1.165, 1.54) is 39.0 Å². The van der Waals surface area contributed by atoms with Gasteiger partial charge in [-0.1, -0.05) is 32.1 Å². The molecule has 1 spiro atoms. The van der Waals surface area contributed by atoms with Gasteiger partial charge in [0.05, 0.1) is 6.61 Å². The second-order valence-electron chi connectivity index (χ2n) is 11.1. The monoisotopic (exact) mass is 470 g/mol. The summed E-state index contributed by atoms with van der Waals surface area (Å²) in [5.41, 5.74) is 1.23. The van der Waals surface area contributed by atoms with Crippen LogP contribution in [0.5, 0.6) is 5.75 Å². The maximum absolute atomic E-state index is 11.3. The van der Waals surface area contributed by atoms with Crippen molar-refractivity contribution < 1.29 is 28.8 Å². The zero-order chi connectivity index (χ0) is 23.9. The first kappa shape index (κ1) is 23.8. The Hall–Kier alpha value is -1.89. The van der Waals surface area contributed by atoms with Crippen LogP contribution in [-0.4, -0.2) is 36.7 Å². The van der Waals surface area contributed by atoms with Crippen molar-refractivity contribution in [3.05, 3.63) is 36.4 Å². The first-order chi connectivity index (χ1) is 16.3. The van der Waals surface area contributed by atoms with E-state index in [1.54, 1.807) is 0 Å². The minimum Gasteiger partial charge on any atom is -0.484 e. The molecule has 2 atom stereocenters. The number of benzene rings is 1. The number of rotatable bonds is 8. The molecule has 1 aromatic carbocycles. The van der Waals surface area contributed by atoms with E-state index in [-0.39, 0.29) is 18.7 Å². The lowest BCUT2D eigenvalue weighted by atomic mass is 9.53. The van der Waals surface area contributed by atoms with E-state index in [1.807, 2.05) is 31.2 Å². The lowest BCUT2D eigenvalue weighted by molar-refractivity contribution is -0.517. The summed E-state index contributed by atoms with van der Waals surface area (Å²) in [6.45, 7) is 10.4. The Balaban J connectivity index is 1.19. The molecule has 0 radical (unpaired) electrons. The zero-order valence-electron chi connectivity index (χ0n) is 20.7. The number of carbonyl (C=O) groups excluding carboxylic acids is 1. The van der Waals surface area contributed by atoms with E-state index in [4.69, 9.17) is 24.0 Å². The Morgan fingerprint density at radius 3 is 2.29 bits per heavy atom. The molecule has 0 aromatic heterocycles. The SMILES string of the molecule is C=C(c1ccc(OC(C)(CCC)COC(C)=O)cc1)C1COC2(OO1)C1CC3CC(C1)CC2C3. The van der Waals surface area contributed by atoms with Crippen LogP contribution in [0.3, 0.4) is 0 Å². The van der Waals surface area contributed by atoms with E-state index in [2.05, 4.69) is 13.5 Å². The van der Waals surface area contributed by atoms with Crippen LogP contribution in [0.15, 0.2) is 30.8 Å². The lowest BCUT2D eigenvalue weighted by Crippen LogP contribution is -2.63. The summed E-state index contributed by atoms with van der Waals surface area (Å²) in [6.07, 6.45) is 7.60. The molecular weight excluding hydrogens is 432 g/mol. The van der Waals surface area contributed by atoms with Crippen LogP contribution in [0.2, 0.25) is 0 Å². The molecule has 4 bridgehead atoms. The molecule has 5 aliphatic rings. The molecule has 1 saturated heterocycles. The Morgan fingerprint density at radius 1 is 1.12 bits per heavy atom. The second kappa shape index (κ2) is 9.29. The summed E-state index contributed by atoms with van der Waals surface area (Å²) in [5, 5.41) is 0. The summed E-state index contributed by atoms with van der Waals surface area (Å²) in [5.74, 6) is 2.49. The van der Waals surface area contributed by atoms with Gasteiger partial charge in [-0.15, -0.1) is 0 Å². The van der Waals surface area contributed by atoms with Gasteiger partial charge in [-0.05, 0) is 80.6 Å². The highest BCUT2D eigenvalue weighted by Crippen LogP contribution is 2.60. The highest BCUT2D eigenvalue weighted by Gasteiger charge is 2.61. The van der Waals surface area contributed by atoms with Gasteiger partial charge in [-0.3, -0.25) is 4.79 Å². The standard InChI is InChI=1S/C28H38O6/c1-5-10-27(4,17-30-19(3)29)32-25-8-6-22(7-9-25)18(2)26-16-31-28(34-33-26)23-12-20-11-21(14-23)15-24(28)13-20/h6-9,20-21,23-24,26H,2,5,10-17H2,1,3-4H3. The normalized spacial score (nSPS) is 35.7. The van der Waals surface area contributed by atoms with Crippen molar-refractivity contribution in [1.29, 1.82) is 0 Å². The highest BCUT2D eigenvalue weighted by atomic mass is 17.2. The molecule has 0 amide bonds. The third-order valence-electron chi connectivity index (χ3n) is 8.37. The third-order valence-corrected chi connectivity index (χ3v) is 8.37. The zero-order valence-corrected chi connectivity index (χ0v) is 20.7. The van der Waals surface area contributed by atoms with Crippen molar-refractivity contribution in [2.24, 2.45) is 23.7 Å². The van der Waals surface area contributed by atoms with Crippen molar-refractivity contribution in [2.75, 3.05) is 13.2 Å². The Morgan fingerprint density at radius 2 is 1.76 bits per heavy atom. The minimum atomic E-state index is -0.569. The van der Waals surface area contributed by atoms with Crippen LogP contribution in [0.4, 0.5) is 0 Å². The van der Waals surface area contributed by atoms with Crippen molar-refractivity contribution in [1.82, 2.24) is 0 Å². The van der Waals surface area contributed by atoms with Crippen LogP contribution in [-0.2, 0) is 24.0 Å². The van der Waals surface area contributed by atoms with Gasteiger partial charge in [0.25, 0.3) is 0 Å². The van der Waals surface area contributed by atoms with Gasteiger partial charge in [0, 0.05) is 18.8 Å². The van der Waals surface area contributed by atoms with Gasteiger partial charge in [-0.2, -0.15) is 4.89 Å². The molecule has 1 aliphatic heterocycles. The fourth-order valence-corrected chi connectivity index (χ4v) is 6.91. The molecule has 4 saturated carbocycles. The largest absolute Gasteiger partial charge is 0.484 e. The van der Waals surface area contributed by atoms with Gasteiger partial charge in [0.15, 0.2) is 0 Å². The Labute approximate surface area is 202 Å². The maximum atomic E-state index is 11.3. The Kier molecular flexibility index (Phi) is 6.51. The number of hydrogen-bond acceptors (Lipinski definition) is 6. The lowest BCUT2D eigenvalue weighted by Gasteiger charge is -2.60. The molecule has 1 heterocycles. The van der Waals surface area contributed by atoms with E-state index in [0.717, 1.165) is 41.6 Å². The third kappa shape index (κ3) is 4.52. The number of carbonyl (C=O) groups is 1. The van der Waals surface area contributed by atoms with Crippen molar-refractivity contribution >= 4 is 11.5 Å². The topological polar surface area (TPSA) is 63.2 Å². The molecule has 6 nitrogen and oxygen atoms in total. The van der Waals surface area contributed by atoms with Crippen molar-refractivity contribution in [2.45, 2.75) is 83.2 Å². The highest BCUT2D eigenvalue weighted by molar-refractivity contribution is 5.67. The van der Waals surface area contributed by atoms with Crippen LogP contribution in [0.25, 0.3) is 5.57 Å². The molecule has 2 unspecified atom stereocenters. The predicted octanol–water partition coefficient (Wildman–Crippen LogP) is 5.70. The van der Waals surface area contributed by atoms with E-state index in [9.17, 15) is 4.79 Å². The van der Waals surface area contributed by atoms with Crippen LogP contribution in [0.1, 0.15) is 71.3 Å². The molecule has 186 valence electrons. The average Bonchev–Trinajstić information content (AvgIpc) is 2.81. The number of ether oxygens (including phenoxy) is 3. The molecule has 6 rings (SSSR count). The van der Waals surface area contributed by atoms with Gasteiger partial charge >= 0.3 is 5.97 Å². The van der Waals surface area contributed by atoms with Crippen molar-refractivity contribution in [3.8, 4) is 5.75 Å². The van der Waals surface area contributed by atoms with Gasteiger partial charge in [0.2, 0.25) is 5.79 Å². The molecule has 4 aliphatic carbocycles. The smallest absolute Gasteiger partial charge is 0.302 e. The van der Waals surface area contributed by atoms with E-state index < -0.39 is 11.4 Å².